The molecular formula is C9H17N. The van der Waals surface area contributed by atoms with Gasteiger partial charge < -0.3 is 5.73 Å². The first-order chi connectivity index (χ1) is 4.79. The van der Waals surface area contributed by atoms with Crippen LogP contribution in [0.2, 0.25) is 0 Å². The number of hydrogen-bond donors (Lipinski definition) is 1. The zero-order valence-electron chi connectivity index (χ0n) is 6.98. The first kappa shape index (κ1) is 7.64. The van der Waals surface area contributed by atoms with Gasteiger partial charge in [0, 0.05) is 5.70 Å². The predicted molar refractivity (Wildman–Crippen MR) is 44.5 cm³/mol. The summed E-state index contributed by atoms with van der Waals surface area (Å²) in [5.41, 5.74) is 8.54. The van der Waals surface area contributed by atoms with Gasteiger partial charge in [-0.25, -0.2) is 0 Å². The molecule has 1 nitrogen and oxygen atoms in total. The van der Waals surface area contributed by atoms with Crippen LogP contribution < -0.4 is 5.73 Å². The Hall–Kier alpha value is -0.460. The fourth-order valence-corrected chi connectivity index (χ4v) is 1.89. The van der Waals surface area contributed by atoms with Gasteiger partial charge in [0.25, 0.3) is 0 Å². The zero-order chi connectivity index (χ0) is 7.56. The summed E-state index contributed by atoms with van der Waals surface area (Å²) in [5.74, 6) is 0.810. The van der Waals surface area contributed by atoms with Crippen molar-refractivity contribution in [2.75, 3.05) is 0 Å². The van der Waals surface area contributed by atoms with Gasteiger partial charge in [-0.05, 0) is 37.2 Å². The molecule has 58 valence electrons. The summed E-state index contributed by atoms with van der Waals surface area (Å²) in [6.07, 6.45) is 4.86. The summed E-state index contributed by atoms with van der Waals surface area (Å²) in [6.45, 7) is 4.45. The predicted octanol–water partition coefficient (Wildman–Crippen LogP) is 2.43. The van der Waals surface area contributed by atoms with E-state index in [4.69, 9.17) is 5.73 Å². The summed E-state index contributed by atoms with van der Waals surface area (Å²) < 4.78 is 0. The molecule has 0 radical (unpaired) electrons. The highest BCUT2D eigenvalue weighted by Crippen LogP contribution is 2.33. The summed E-state index contributed by atoms with van der Waals surface area (Å²) >= 11 is 0. The highest BCUT2D eigenvalue weighted by molar-refractivity contribution is 5.19. The second-order valence-corrected chi connectivity index (χ2v) is 3.05. The van der Waals surface area contributed by atoms with Gasteiger partial charge in [0.15, 0.2) is 0 Å². The quantitative estimate of drug-likeness (QED) is 0.624. The number of allylic oxidation sites excluding steroid dienone is 2. The molecule has 1 heteroatoms. The van der Waals surface area contributed by atoms with Gasteiger partial charge in [0.1, 0.15) is 0 Å². The van der Waals surface area contributed by atoms with E-state index in [-0.39, 0.29) is 0 Å². The molecule has 0 bridgehead atoms. The maximum absolute atomic E-state index is 5.84. The van der Waals surface area contributed by atoms with Gasteiger partial charge in [0.05, 0.1) is 0 Å². The van der Waals surface area contributed by atoms with Crippen LogP contribution in [0, 0.1) is 5.92 Å². The number of rotatable bonds is 2. The minimum Gasteiger partial charge on any atom is -0.402 e. The van der Waals surface area contributed by atoms with Crippen molar-refractivity contribution < 1.29 is 0 Å². The van der Waals surface area contributed by atoms with Crippen molar-refractivity contribution in [2.24, 2.45) is 11.7 Å². The smallest absolute Gasteiger partial charge is 0.00753 e. The third-order valence-electron chi connectivity index (χ3n) is 2.54. The molecule has 1 rings (SSSR count). The summed E-state index contributed by atoms with van der Waals surface area (Å²) in [7, 11) is 0. The minimum absolute atomic E-state index is 0.810. The lowest BCUT2D eigenvalue weighted by Crippen LogP contribution is -1.99. The molecule has 0 saturated carbocycles. The molecule has 0 amide bonds. The van der Waals surface area contributed by atoms with Gasteiger partial charge in [-0.2, -0.15) is 0 Å². The topological polar surface area (TPSA) is 26.0 Å². The first-order valence-corrected chi connectivity index (χ1v) is 4.27. The van der Waals surface area contributed by atoms with E-state index < -0.39 is 0 Å². The van der Waals surface area contributed by atoms with Crippen LogP contribution >= 0.6 is 0 Å². The Labute approximate surface area is 63.3 Å². The maximum atomic E-state index is 5.84. The SMILES string of the molecule is CCC1=C(N)CCC1CC. The van der Waals surface area contributed by atoms with Gasteiger partial charge in [-0.1, -0.05) is 13.8 Å². The molecule has 0 spiro atoms. The maximum Gasteiger partial charge on any atom is 0.00753 e. The van der Waals surface area contributed by atoms with Crippen LogP contribution in [0.25, 0.3) is 0 Å². The Morgan fingerprint density at radius 2 is 2.20 bits per heavy atom. The molecule has 2 N–H and O–H groups in total. The molecule has 0 aromatic carbocycles. The van der Waals surface area contributed by atoms with E-state index in [1.54, 1.807) is 0 Å². The molecule has 0 saturated heterocycles. The van der Waals surface area contributed by atoms with Crippen molar-refractivity contribution in [1.82, 2.24) is 0 Å². The normalized spacial score (nSPS) is 26.0. The molecule has 1 unspecified atom stereocenters. The Kier molecular flexibility index (Phi) is 2.36. The summed E-state index contributed by atoms with van der Waals surface area (Å²) in [5, 5.41) is 0. The molecule has 10 heavy (non-hydrogen) atoms. The van der Waals surface area contributed by atoms with Gasteiger partial charge >= 0.3 is 0 Å². The third kappa shape index (κ3) is 1.18. The van der Waals surface area contributed by atoms with Crippen molar-refractivity contribution in [1.29, 1.82) is 0 Å². The average molecular weight is 139 g/mol. The molecule has 0 heterocycles. The average Bonchev–Trinajstić information content (AvgIpc) is 2.30. The van der Waals surface area contributed by atoms with Crippen molar-refractivity contribution in [2.45, 2.75) is 39.5 Å². The van der Waals surface area contributed by atoms with Gasteiger partial charge in [-0.15, -0.1) is 0 Å². The summed E-state index contributed by atoms with van der Waals surface area (Å²) in [6, 6.07) is 0. The molecule has 0 aromatic rings. The highest BCUT2D eigenvalue weighted by atomic mass is 14.6. The summed E-state index contributed by atoms with van der Waals surface area (Å²) in [4.78, 5) is 0. The van der Waals surface area contributed by atoms with Crippen molar-refractivity contribution in [3.63, 3.8) is 0 Å². The van der Waals surface area contributed by atoms with Crippen molar-refractivity contribution >= 4 is 0 Å². The number of nitrogens with two attached hydrogens (primary N) is 1. The van der Waals surface area contributed by atoms with Crippen LogP contribution in [-0.4, -0.2) is 0 Å². The monoisotopic (exact) mass is 139 g/mol. The Bertz CT molecular complexity index is 147. The van der Waals surface area contributed by atoms with Crippen molar-refractivity contribution in [3.05, 3.63) is 11.3 Å². The van der Waals surface area contributed by atoms with E-state index in [2.05, 4.69) is 13.8 Å². The molecular weight excluding hydrogens is 122 g/mol. The van der Waals surface area contributed by atoms with E-state index in [9.17, 15) is 0 Å². The Morgan fingerprint density at radius 3 is 2.60 bits per heavy atom. The van der Waals surface area contributed by atoms with Crippen LogP contribution in [0.4, 0.5) is 0 Å². The lowest BCUT2D eigenvalue weighted by molar-refractivity contribution is 0.572. The first-order valence-electron chi connectivity index (χ1n) is 4.27. The van der Waals surface area contributed by atoms with Crippen LogP contribution in [0.3, 0.4) is 0 Å². The van der Waals surface area contributed by atoms with Crippen LogP contribution in [0.15, 0.2) is 11.3 Å². The van der Waals surface area contributed by atoms with E-state index in [0.29, 0.717) is 0 Å². The van der Waals surface area contributed by atoms with E-state index in [1.807, 2.05) is 0 Å². The zero-order valence-corrected chi connectivity index (χ0v) is 6.98. The molecule has 1 aliphatic rings. The lowest BCUT2D eigenvalue weighted by atomic mass is 9.97. The molecule has 1 aliphatic carbocycles. The van der Waals surface area contributed by atoms with E-state index in [0.717, 1.165) is 18.8 Å². The lowest BCUT2D eigenvalue weighted by Gasteiger charge is -2.09. The standard InChI is InChI=1S/C9H17N/c1-3-7-5-6-9(10)8(7)4-2/h7H,3-6,10H2,1-2H3. The highest BCUT2D eigenvalue weighted by Gasteiger charge is 2.20. The van der Waals surface area contributed by atoms with Gasteiger partial charge in [0.2, 0.25) is 0 Å². The van der Waals surface area contributed by atoms with E-state index in [1.165, 1.54) is 24.1 Å². The van der Waals surface area contributed by atoms with Gasteiger partial charge in [-0.3, -0.25) is 0 Å². The van der Waals surface area contributed by atoms with Crippen LogP contribution in [0.5, 0.6) is 0 Å². The van der Waals surface area contributed by atoms with Crippen molar-refractivity contribution in [3.8, 4) is 0 Å². The third-order valence-corrected chi connectivity index (χ3v) is 2.54. The molecule has 1 atom stereocenters. The largest absolute Gasteiger partial charge is 0.402 e. The second-order valence-electron chi connectivity index (χ2n) is 3.05. The Morgan fingerprint density at radius 1 is 1.50 bits per heavy atom. The minimum atomic E-state index is 0.810. The van der Waals surface area contributed by atoms with Crippen LogP contribution in [-0.2, 0) is 0 Å². The second kappa shape index (κ2) is 3.09. The Balaban J connectivity index is 2.66. The fourth-order valence-electron chi connectivity index (χ4n) is 1.89. The van der Waals surface area contributed by atoms with E-state index >= 15 is 0 Å². The fraction of sp³-hybridized carbons (Fsp3) is 0.778. The number of hydrogen-bond acceptors (Lipinski definition) is 1. The molecule has 0 aromatic heterocycles. The van der Waals surface area contributed by atoms with Crippen LogP contribution in [0.1, 0.15) is 39.5 Å². The molecule has 0 fully saturated rings. The molecule has 0 aliphatic heterocycles.